The average molecular weight is 596 g/mol. The zero-order valence-electron chi connectivity index (χ0n) is 21.6. The van der Waals surface area contributed by atoms with Gasteiger partial charge >= 0.3 is 6.18 Å². The van der Waals surface area contributed by atoms with Crippen LogP contribution in [0, 0.1) is 16.6 Å². The van der Waals surface area contributed by atoms with Crippen molar-refractivity contribution in [3.63, 3.8) is 0 Å². The number of hydrogen-bond donors (Lipinski definition) is 0. The van der Waals surface area contributed by atoms with Crippen LogP contribution in [0.15, 0.2) is 30.3 Å². The number of benzene rings is 1. The highest BCUT2D eigenvalue weighted by molar-refractivity contribution is 6.30. The predicted molar refractivity (Wildman–Crippen MR) is 137 cm³/mol. The van der Waals surface area contributed by atoms with Crippen molar-refractivity contribution in [3.8, 4) is 5.69 Å². The Bertz CT molecular complexity index is 1550. The number of nitrogens with zero attached hydrogens (tertiary/aromatic N) is 7. The Hall–Kier alpha value is -3.06. The Labute approximate surface area is 235 Å². The standard InChI is InChI=1S/C27H24ClF6N7/c28-16-1-3-18-15(5-16)6-40(26-8-25(9-26,10-26)27(32,33)34)7-20-36-37-23(41(18)20)39-13-24(14-39)11-38(12-24)19-4-2-17(29)21(35-19)22(30)31/h1-5,22H,6-14H2. The molecule has 216 valence electrons. The van der Waals surface area contributed by atoms with E-state index in [2.05, 4.69) is 25.0 Å². The summed E-state index contributed by atoms with van der Waals surface area (Å²) < 4.78 is 82.6. The normalized spacial score (nSPS) is 27.9. The SMILES string of the molecule is Fc1ccc(N2CC3(C2)CN(c2nnc4n2-c2ccc(Cl)cc2CN(C25CC(C(F)(F)F)(C2)C5)C4)C3)nc1C(F)F. The van der Waals surface area contributed by atoms with Crippen molar-refractivity contribution in [1.82, 2.24) is 24.6 Å². The fraction of sp³-hybridized carbons (Fsp3) is 0.519. The number of hydrogen-bond acceptors (Lipinski definition) is 6. The van der Waals surface area contributed by atoms with Crippen molar-refractivity contribution in [2.24, 2.45) is 10.8 Å². The molecule has 2 bridgehead atoms. The second kappa shape index (κ2) is 8.06. The molecule has 41 heavy (non-hydrogen) atoms. The highest BCUT2D eigenvalue weighted by Gasteiger charge is 2.80. The molecule has 6 aliphatic rings. The quantitative estimate of drug-likeness (QED) is 0.371. The molecule has 3 aliphatic heterocycles. The molecule has 3 aromatic rings. The lowest BCUT2D eigenvalue weighted by molar-refractivity contribution is -0.364. The molecule has 0 N–H and O–H groups in total. The molecule has 0 atom stereocenters. The molecule has 1 aromatic carbocycles. The van der Waals surface area contributed by atoms with Crippen molar-refractivity contribution in [1.29, 1.82) is 0 Å². The van der Waals surface area contributed by atoms with Crippen LogP contribution < -0.4 is 9.80 Å². The number of anilines is 2. The van der Waals surface area contributed by atoms with E-state index in [1.54, 1.807) is 6.07 Å². The van der Waals surface area contributed by atoms with E-state index in [0.29, 0.717) is 61.9 Å². The molecule has 5 heterocycles. The average Bonchev–Trinajstić information content (AvgIpc) is 3.11. The minimum atomic E-state index is -4.18. The first-order valence-electron chi connectivity index (χ1n) is 13.4. The number of fused-ring (bicyclic) bond motifs is 3. The van der Waals surface area contributed by atoms with Gasteiger partial charge in [-0.3, -0.25) is 9.47 Å². The minimum Gasteiger partial charge on any atom is -0.355 e. The lowest BCUT2D eigenvalue weighted by Crippen LogP contribution is -2.78. The first-order valence-corrected chi connectivity index (χ1v) is 13.8. The monoisotopic (exact) mass is 595 g/mol. The van der Waals surface area contributed by atoms with Crippen LogP contribution in [0.4, 0.5) is 38.1 Å². The molecular formula is C27H24ClF6N7. The van der Waals surface area contributed by atoms with E-state index in [1.807, 2.05) is 21.6 Å². The summed E-state index contributed by atoms with van der Waals surface area (Å²) in [6, 6.07) is 7.99. The van der Waals surface area contributed by atoms with Crippen LogP contribution in [0.1, 0.15) is 42.8 Å². The van der Waals surface area contributed by atoms with Gasteiger partial charge in [-0.2, -0.15) is 13.2 Å². The van der Waals surface area contributed by atoms with Gasteiger partial charge in [-0.25, -0.2) is 18.2 Å². The third-order valence-electron chi connectivity index (χ3n) is 9.74. The Morgan fingerprint density at radius 1 is 0.902 bits per heavy atom. The second-order valence-corrected chi connectivity index (χ2v) is 12.9. The molecule has 2 aromatic heterocycles. The Morgan fingerprint density at radius 2 is 1.61 bits per heavy atom. The van der Waals surface area contributed by atoms with Gasteiger partial charge in [0.2, 0.25) is 5.95 Å². The largest absolute Gasteiger partial charge is 0.394 e. The van der Waals surface area contributed by atoms with E-state index >= 15 is 0 Å². The zero-order chi connectivity index (χ0) is 28.5. The summed E-state index contributed by atoms with van der Waals surface area (Å²) in [5.74, 6) is 0.626. The predicted octanol–water partition coefficient (Wildman–Crippen LogP) is 5.52. The summed E-state index contributed by atoms with van der Waals surface area (Å²) >= 11 is 6.35. The Kier molecular flexibility index (Phi) is 5.04. The summed E-state index contributed by atoms with van der Waals surface area (Å²) in [6.45, 7) is 3.36. The summed E-state index contributed by atoms with van der Waals surface area (Å²) in [5, 5.41) is 9.53. The molecule has 0 amide bonds. The van der Waals surface area contributed by atoms with Gasteiger partial charge in [0.25, 0.3) is 6.43 Å². The van der Waals surface area contributed by atoms with Crippen LogP contribution in [0.25, 0.3) is 5.69 Å². The van der Waals surface area contributed by atoms with Crippen molar-refractivity contribution in [2.75, 3.05) is 36.0 Å². The smallest absolute Gasteiger partial charge is 0.355 e. The number of rotatable bonds is 4. The fourth-order valence-corrected chi connectivity index (χ4v) is 7.90. The molecular weight excluding hydrogens is 572 g/mol. The molecule has 14 heteroatoms. The Balaban J connectivity index is 1.02. The lowest BCUT2D eigenvalue weighted by Gasteiger charge is -2.73. The molecule has 7 nitrogen and oxygen atoms in total. The second-order valence-electron chi connectivity index (χ2n) is 12.5. The van der Waals surface area contributed by atoms with E-state index in [9.17, 15) is 26.3 Å². The summed E-state index contributed by atoms with van der Waals surface area (Å²) in [6.07, 6.45) is -6.85. The third-order valence-corrected chi connectivity index (χ3v) is 9.98. The van der Waals surface area contributed by atoms with E-state index in [0.717, 1.165) is 17.3 Å². The Morgan fingerprint density at radius 3 is 2.29 bits per heavy atom. The van der Waals surface area contributed by atoms with Gasteiger partial charge in [0, 0.05) is 48.7 Å². The van der Waals surface area contributed by atoms with Crippen LogP contribution in [0.5, 0.6) is 0 Å². The lowest BCUT2D eigenvalue weighted by atomic mass is 9.38. The molecule has 5 fully saturated rings. The van der Waals surface area contributed by atoms with E-state index in [4.69, 9.17) is 11.6 Å². The van der Waals surface area contributed by atoms with Crippen LogP contribution in [0.3, 0.4) is 0 Å². The van der Waals surface area contributed by atoms with Gasteiger partial charge in [-0.1, -0.05) is 11.6 Å². The highest BCUT2D eigenvalue weighted by Crippen LogP contribution is 2.75. The van der Waals surface area contributed by atoms with Crippen molar-refractivity contribution in [3.05, 3.63) is 58.3 Å². The summed E-state index contributed by atoms with van der Waals surface area (Å²) in [4.78, 5) is 9.90. The molecule has 2 saturated heterocycles. The molecule has 0 unspecified atom stereocenters. The fourth-order valence-electron chi connectivity index (χ4n) is 7.70. The molecule has 0 radical (unpaired) electrons. The number of alkyl halides is 5. The first-order chi connectivity index (χ1) is 19.4. The molecule has 1 spiro atoms. The van der Waals surface area contributed by atoms with Crippen LogP contribution >= 0.6 is 11.6 Å². The van der Waals surface area contributed by atoms with Gasteiger partial charge in [0.05, 0.1) is 17.6 Å². The van der Waals surface area contributed by atoms with E-state index in [1.165, 1.54) is 6.07 Å². The molecule has 3 aliphatic carbocycles. The van der Waals surface area contributed by atoms with Gasteiger partial charge in [0.1, 0.15) is 11.5 Å². The van der Waals surface area contributed by atoms with Crippen molar-refractivity contribution < 1.29 is 26.3 Å². The summed E-state index contributed by atoms with van der Waals surface area (Å²) in [5.41, 5.74) is -1.20. The van der Waals surface area contributed by atoms with Gasteiger partial charge < -0.3 is 9.80 Å². The van der Waals surface area contributed by atoms with Crippen LogP contribution in [0.2, 0.25) is 5.02 Å². The van der Waals surface area contributed by atoms with E-state index in [-0.39, 0.29) is 24.7 Å². The van der Waals surface area contributed by atoms with Crippen molar-refractivity contribution >= 4 is 23.4 Å². The first kappa shape index (κ1) is 25.6. The van der Waals surface area contributed by atoms with Crippen molar-refractivity contribution in [2.45, 2.75) is 50.5 Å². The minimum absolute atomic E-state index is 0.0786. The maximum atomic E-state index is 13.7. The van der Waals surface area contributed by atoms with Gasteiger partial charge in [-0.05, 0) is 55.2 Å². The molecule has 3 saturated carbocycles. The van der Waals surface area contributed by atoms with Gasteiger partial charge in [-0.15, -0.1) is 10.2 Å². The van der Waals surface area contributed by atoms with Crippen LogP contribution in [-0.2, 0) is 13.1 Å². The number of aromatic nitrogens is 4. The number of pyridine rings is 1. The zero-order valence-corrected chi connectivity index (χ0v) is 22.4. The maximum absolute atomic E-state index is 13.7. The topological polar surface area (TPSA) is 53.3 Å². The third kappa shape index (κ3) is 3.54. The van der Waals surface area contributed by atoms with E-state index < -0.39 is 35.1 Å². The highest BCUT2D eigenvalue weighted by atomic mass is 35.5. The number of halogens is 7. The summed E-state index contributed by atoms with van der Waals surface area (Å²) in [7, 11) is 0. The van der Waals surface area contributed by atoms with Gasteiger partial charge in [0.15, 0.2) is 11.6 Å². The van der Waals surface area contributed by atoms with Crippen LogP contribution in [-0.4, -0.2) is 62.5 Å². The molecule has 9 rings (SSSR count). The maximum Gasteiger partial charge on any atom is 0.394 e.